The molecule has 1 saturated heterocycles. The van der Waals surface area contributed by atoms with E-state index in [0.717, 1.165) is 12.8 Å². The fourth-order valence-electron chi connectivity index (χ4n) is 2.47. The van der Waals surface area contributed by atoms with Crippen LogP contribution in [0.4, 0.5) is 0 Å². The topological polar surface area (TPSA) is 27.7 Å². The molecule has 0 atom stereocenters. The molecular weight excluding hydrogens is 252 g/mol. The van der Waals surface area contributed by atoms with E-state index in [4.69, 9.17) is 14.2 Å². The lowest BCUT2D eigenvalue weighted by Crippen LogP contribution is -2.48. The van der Waals surface area contributed by atoms with E-state index in [1.165, 1.54) is 5.56 Å². The van der Waals surface area contributed by atoms with Crippen LogP contribution in [0.1, 0.15) is 39.2 Å². The molecular formula is C17H26O3. The Morgan fingerprint density at radius 1 is 1.15 bits per heavy atom. The van der Waals surface area contributed by atoms with Crippen molar-refractivity contribution >= 4 is 0 Å². The first-order chi connectivity index (χ1) is 9.67. The molecule has 1 aromatic rings. The molecule has 20 heavy (non-hydrogen) atoms. The van der Waals surface area contributed by atoms with Crippen LogP contribution in [0.25, 0.3) is 0 Å². The lowest BCUT2D eigenvalue weighted by molar-refractivity contribution is -0.279. The highest BCUT2D eigenvalue weighted by atomic mass is 16.7. The first kappa shape index (κ1) is 15.5. The van der Waals surface area contributed by atoms with E-state index in [1.54, 1.807) is 0 Å². The van der Waals surface area contributed by atoms with Crippen LogP contribution >= 0.6 is 0 Å². The molecule has 1 aliphatic heterocycles. The third-order valence-electron chi connectivity index (χ3n) is 3.97. The van der Waals surface area contributed by atoms with Crippen LogP contribution < -0.4 is 0 Å². The fourth-order valence-corrected chi connectivity index (χ4v) is 2.47. The van der Waals surface area contributed by atoms with Gasteiger partial charge in [0.05, 0.1) is 19.8 Å². The Bertz CT molecular complexity index is 378. The second-order valence-electron chi connectivity index (χ2n) is 5.79. The summed E-state index contributed by atoms with van der Waals surface area (Å²) >= 11 is 0. The minimum absolute atomic E-state index is 0.0709. The van der Waals surface area contributed by atoms with Crippen LogP contribution in [0.2, 0.25) is 0 Å². The SMILES string of the molecule is CCC(CC)C1OCC(C)(OCc2ccccc2)CO1. The van der Waals surface area contributed by atoms with Crippen LogP contribution in [0.5, 0.6) is 0 Å². The highest BCUT2D eigenvalue weighted by Crippen LogP contribution is 2.27. The molecule has 0 spiro atoms. The second kappa shape index (κ2) is 7.21. The average molecular weight is 278 g/mol. The molecule has 112 valence electrons. The van der Waals surface area contributed by atoms with E-state index in [2.05, 4.69) is 32.9 Å². The Morgan fingerprint density at radius 3 is 2.30 bits per heavy atom. The monoisotopic (exact) mass is 278 g/mol. The maximum Gasteiger partial charge on any atom is 0.160 e. The standard InChI is InChI=1S/C17H26O3/c1-4-15(5-2)16-18-12-17(3,13-19-16)20-11-14-9-7-6-8-10-14/h6-10,15-16H,4-5,11-13H2,1-3H3. The molecule has 0 amide bonds. The lowest BCUT2D eigenvalue weighted by Gasteiger charge is -2.39. The van der Waals surface area contributed by atoms with Gasteiger partial charge in [-0.25, -0.2) is 0 Å². The van der Waals surface area contributed by atoms with Crippen molar-refractivity contribution in [2.45, 2.75) is 52.1 Å². The summed E-state index contributed by atoms with van der Waals surface area (Å²) < 4.78 is 17.8. The first-order valence-corrected chi connectivity index (χ1v) is 7.58. The molecule has 1 fully saturated rings. The summed E-state index contributed by atoms with van der Waals surface area (Å²) in [6, 6.07) is 10.2. The average Bonchev–Trinajstić information content (AvgIpc) is 2.50. The third kappa shape index (κ3) is 4.05. The van der Waals surface area contributed by atoms with Crippen molar-refractivity contribution in [3.05, 3.63) is 35.9 Å². The molecule has 0 unspecified atom stereocenters. The number of rotatable bonds is 6. The van der Waals surface area contributed by atoms with Crippen LogP contribution in [-0.4, -0.2) is 25.1 Å². The summed E-state index contributed by atoms with van der Waals surface area (Å²) in [4.78, 5) is 0. The summed E-state index contributed by atoms with van der Waals surface area (Å²) in [6.45, 7) is 8.21. The van der Waals surface area contributed by atoms with Crippen molar-refractivity contribution in [1.29, 1.82) is 0 Å². The van der Waals surface area contributed by atoms with Crippen LogP contribution in [0.15, 0.2) is 30.3 Å². The number of ether oxygens (including phenoxy) is 3. The van der Waals surface area contributed by atoms with Gasteiger partial charge < -0.3 is 14.2 Å². The Balaban J connectivity index is 1.82. The van der Waals surface area contributed by atoms with E-state index in [1.807, 2.05) is 18.2 Å². The maximum atomic E-state index is 6.00. The van der Waals surface area contributed by atoms with Crippen molar-refractivity contribution in [3.63, 3.8) is 0 Å². The van der Waals surface area contributed by atoms with Crippen molar-refractivity contribution < 1.29 is 14.2 Å². The summed E-state index contributed by atoms with van der Waals surface area (Å²) in [5.41, 5.74) is 0.828. The Hall–Kier alpha value is -0.900. The van der Waals surface area contributed by atoms with Crippen LogP contribution in [0, 0.1) is 5.92 Å². The number of hydrogen-bond acceptors (Lipinski definition) is 3. The second-order valence-corrected chi connectivity index (χ2v) is 5.79. The fraction of sp³-hybridized carbons (Fsp3) is 0.647. The maximum absolute atomic E-state index is 6.00. The van der Waals surface area contributed by atoms with Crippen molar-refractivity contribution in [2.24, 2.45) is 5.92 Å². The minimum Gasteiger partial charge on any atom is -0.366 e. The van der Waals surface area contributed by atoms with Crippen LogP contribution in [0.3, 0.4) is 0 Å². The molecule has 0 saturated carbocycles. The van der Waals surface area contributed by atoms with Crippen molar-refractivity contribution in [2.75, 3.05) is 13.2 Å². The third-order valence-corrected chi connectivity index (χ3v) is 3.97. The molecule has 0 aromatic heterocycles. The predicted octanol–water partition coefficient (Wildman–Crippen LogP) is 3.77. The molecule has 3 heteroatoms. The summed E-state index contributed by atoms with van der Waals surface area (Å²) in [5.74, 6) is 0.480. The molecule has 0 N–H and O–H groups in total. The minimum atomic E-state index is -0.349. The molecule has 0 aliphatic carbocycles. The largest absolute Gasteiger partial charge is 0.366 e. The Morgan fingerprint density at radius 2 is 1.75 bits per heavy atom. The van der Waals surface area contributed by atoms with E-state index in [-0.39, 0.29) is 11.9 Å². The first-order valence-electron chi connectivity index (χ1n) is 7.58. The van der Waals surface area contributed by atoms with E-state index >= 15 is 0 Å². The predicted molar refractivity (Wildman–Crippen MR) is 79.4 cm³/mol. The highest BCUT2D eigenvalue weighted by Gasteiger charge is 2.35. The van der Waals surface area contributed by atoms with Gasteiger partial charge in [-0.05, 0) is 25.3 Å². The van der Waals surface area contributed by atoms with E-state index in [9.17, 15) is 0 Å². The van der Waals surface area contributed by atoms with E-state index in [0.29, 0.717) is 25.7 Å². The zero-order chi connectivity index (χ0) is 14.4. The Kier molecular flexibility index (Phi) is 5.58. The van der Waals surface area contributed by atoms with Crippen molar-refractivity contribution in [1.82, 2.24) is 0 Å². The molecule has 2 rings (SSSR count). The van der Waals surface area contributed by atoms with Gasteiger partial charge in [-0.3, -0.25) is 0 Å². The molecule has 1 heterocycles. The van der Waals surface area contributed by atoms with Gasteiger partial charge in [0, 0.05) is 5.92 Å². The van der Waals surface area contributed by atoms with Crippen LogP contribution in [-0.2, 0) is 20.8 Å². The van der Waals surface area contributed by atoms with Gasteiger partial charge in [0.1, 0.15) is 5.60 Å². The normalized spacial score (nSPS) is 26.9. The van der Waals surface area contributed by atoms with Gasteiger partial charge >= 0.3 is 0 Å². The smallest absolute Gasteiger partial charge is 0.160 e. The summed E-state index contributed by atoms with van der Waals surface area (Å²) in [5, 5.41) is 0. The summed E-state index contributed by atoms with van der Waals surface area (Å²) in [6.07, 6.45) is 2.10. The highest BCUT2D eigenvalue weighted by molar-refractivity contribution is 5.13. The number of hydrogen-bond donors (Lipinski definition) is 0. The molecule has 0 bridgehead atoms. The summed E-state index contributed by atoms with van der Waals surface area (Å²) in [7, 11) is 0. The molecule has 3 nitrogen and oxygen atoms in total. The zero-order valence-electron chi connectivity index (χ0n) is 12.8. The van der Waals surface area contributed by atoms with Gasteiger partial charge in [-0.2, -0.15) is 0 Å². The van der Waals surface area contributed by atoms with Gasteiger partial charge in [-0.15, -0.1) is 0 Å². The van der Waals surface area contributed by atoms with Crippen molar-refractivity contribution in [3.8, 4) is 0 Å². The molecule has 1 aromatic carbocycles. The Labute approximate surface area is 122 Å². The zero-order valence-corrected chi connectivity index (χ0v) is 12.8. The molecule has 0 radical (unpaired) electrons. The molecule has 1 aliphatic rings. The van der Waals surface area contributed by atoms with Gasteiger partial charge in [0.25, 0.3) is 0 Å². The number of benzene rings is 1. The van der Waals surface area contributed by atoms with Gasteiger partial charge in [0.15, 0.2) is 6.29 Å². The van der Waals surface area contributed by atoms with Gasteiger partial charge in [-0.1, -0.05) is 44.2 Å². The van der Waals surface area contributed by atoms with Gasteiger partial charge in [0.2, 0.25) is 0 Å². The lowest BCUT2D eigenvalue weighted by atomic mass is 10.0. The quantitative estimate of drug-likeness (QED) is 0.792. The van der Waals surface area contributed by atoms with E-state index < -0.39 is 0 Å².